The van der Waals surface area contributed by atoms with E-state index in [0.717, 1.165) is 11.3 Å². The molecule has 1 aliphatic heterocycles. The quantitative estimate of drug-likeness (QED) is 0.493. The smallest absolute Gasteiger partial charge is 0.261 e. The van der Waals surface area contributed by atoms with Gasteiger partial charge >= 0.3 is 0 Å². The number of fused-ring (bicyclic) bond motifs is 1. The van der Waals surface area contributed by atoms with Crippen molar-refractivity contribution >= 4 is 23.6 Å². The molecule has 2 aromatic carbocycles. The lowest BCUT2D eigenvalue weighted by Crippen LogP contribution is -2.50. The van der Waals surface area contributed by atoms with Gasteiger partial charge in [-0.25, -0.2) is 4.39 Å². The zero-order valence-corrected chi connectivity index (χ0v) is 20.4. The third-order valence-electron chi connectivity index (χ3n) is 6.30. The number of hydrogen-bond acceptors (Lipinski definition) is 4. The molecule has 35 heavy (non-hydrogen) atoms. The minimum absolute atomic E-state index is 0.0341. The highest BCUT2D eigenvalue weighted by atomic mass is 19.1. The third-order valence-corrected chi connectivity index (χ3v) is 6.30. The Morgan fingerprint density at radius 1 is 0.971 bits per heavy atom. The van der Waals surface area contributed by atoms with Gasteiger partial charge in [0, 0.05) is 25.6 Å². The summed E-state index contributed by atoms with van der Waals surface area (Å²) in [6.07, 6.45) is 1.50. The van der Waals surface area contributed by atoms with Gasteiger partial charge in [0.2, 0.25) is 11.8 Å². The topological polar surface area (TPSA) is 86.8 Å². The number of amides is 4. The van der Waals surface area contributed by atoms with Crippen LogP contribution in [0.1, 0.15) is 72.7 Å². The van der Waals surface area contributed by atoms with Crippen molar-refractivity contribution < 1.29 is 23.6 Å². The fourth-order valence-electron chi connectivity index (χ4n) is 4.12. The molecule has 1 aliphatic rings. The predicted octanol–water partition coefficient (Wildman–Crippen LogP) is 3.92. The second-order valence-corrected chi connectivity index (χ2v) is 8.80. The van der Waals surface area contributed by atoms with Crippen LogP contribution in [0.5, 0.6) is 0 Å². The van der Waals surface area contributed by atoms with Crippen molar-refractivity contribution in [1.82, 2.24) is 15.1 Å². The van der Waals surface area contributed by atoms with Crippen LogP contribution in [0.25, 0.3) is 0 Å². The molecule has 0 spiro atoms. The number of nitrogens with zero attached hydrogens (tertiary/aromatic N) is 2. The summed E-state index contributed by atoms with van der Waals surface area (Å²) in [6.45, 7) is 5.97. The molecule has 186 valence electrons. The number of carbonyl (C=O) groups excluding carboxylic acids is 4. The number of nitrogens with one attached hydrogen (secondary N) is 1. The van der Waals surface area contributed by atoms with Crippen LogP contribution in [0, 0.1) is 5.82 Å². The lowest BCUT2D eigenvalue weighted by Gasteiger charge is -2.31. The number of rotatable bonds is 11. The van der Waals surface area contributed by atoms with E-state index in [0.29, 0.717) is 23.1 Å². The second kappa shape index (κ2) is 11.7. The second-order valence-electron chi connectivity index (χ2n) is 8.80. The SMILES string of the molecule is CC[C@H](C(=O)N[C@@H](C)CC)N(Cc1ccc(F)cc1)C(=O)CCCN1C(=O)c2ccccc2C1=O. The van der Waals surface area contributed by atoms with Gasteiger partial charge in [-0.15, -0.1) is 0 Å². The van der Waals surface area contributed by atoms with Crippen molar-refractivity contribution in [2.75, 3.05) is 6.54 Å². The molecule has 2 atom stereocenters. The minimum Gasteiger partial charge on any atom is -0.352 e. The Balaban J connectivity index is 1.71. The van der Waals surface area contributed by atoms with Gasteiger partial charge in [-0.1, -0.05) is 38.1 Å². The van der Waals surface area contributed by atoms with Crippen molar-refractivity contribution in [3.8, 4) is 0 Å². The normalized spacial score (nSPS) is 14.5. The Hall–Kier alpha value is -3.55. The third kappa shape index (κ3) is 6.12. The molecule has 8 heteroatoms. The molecular formula is C27H32FN3O4. The molecular weight excluding hydrogens is 449 g/mol. The number of halogens is 1. The van der Waals surface area contributed by atoms with Gasteiger partial charge in [-0.2, -0.15) is 0 Å². The van der Waals surface area contributed by atoms with Gasteiger partial charge in [-0.3, -0.25) is 24.1 Å². The van der Waals surface area contributed by atoms with Crippen molar-refractivity contribution in [2.45, 2.75) is 65.1 Å². The Labute approximate surface area is 205 Å². The van der Waals surface area contributed by atoms with Crippen molar-refractivity contribution in [1.29, 1.82) is 0 Å². The van der Waals surface area contributed by atoms with Crippen LogP contribution < -0.4 is 5.32 Å². The first-order chi connectivity index (χ1) is 16.8. The zero-order valence-electron chi connectivity index (χ0n) is 20.4. The molecule has 1 N–H and O–H groups in total. The first-order valence-corrected chi connectivity index (χ1v) is 12.1. The number of carbonyl (C=O) groups is 4. The van der Waals surface area contributed by atoms with Crippen molar-refractivity contribution in [2.24, 2.45) is 0 Å². The lowest BCUT2D eigenvalue weighted by molar-refractivity contribution is -0.141. The van der Waals surface area contributed by atoms with Crippen molar-refractivity contribution in [3.63, 3.8) is 0 Å². The molecule has 2 aromatic rings. The Kier molecular flexibility index (Phi) is 8.73. The van der Waals surface area contributed by atoms with Gasteiger partial charge < -0.3 is 10.2 Å². The van der Waals surface area contributed by atoms with E-state index < -0.39 is 6.04 Å². The highest BCUT2D eigenvalue weighted by Crippen LogP contribution is 2.23. The fraction of sp³-hybridized carbons (Fsp3) is 0.407. The summed E-state index contributed by atoms with van der Waals surface area (Å²) in [5.41, 5.74) is 1.44. The summed E-state index contributed by atoms with van der Waals surface area (Å²) in [5, 5.41) is 2.94. The predicted molar refractivity (Wildman–Crippen MR) is 130 cm³/mol. The number of imide groups is 1. The maximum Gasteiger partial charge on any atom is 0.261 e. The van der Waals surface area contributed by atoms with E-state index in [-0.39, 0.29) is 61.4 Å². The Morgan fingerprint density at radius 3 is 2.11 bits per heavy atom. The van der Waals surface area contributed by atoms with Crippen LogP contribution in [0.2, 0.25) is 0 Å². The van der Waals surface area contributed by atoms with E-state index in [1.165, 1.54) is 17.0 Å². The Bertz CT molecular complexity index is 1050. The maximum absolute atomic E-state index is 13.4. The minimum atomic E-state index is -0.694. The fourth-order valence-corrected chi connectivity index (χ4v) is 4.12. The standard InChI is InChI=1S/C27H32FN3O4/c1-4-18(3)29-25(33)23(5-2)31(17-19-12-14-20(28)15-13-19)24(32)11-8-16-30-26(34)21-9-6-7-10-22(21)27(30)35/h6-7,9-10,12-15,18,23H,4-5,8,11,16-17H2,1-3H3,(H,29,33)/t18-,23+/m0/s1. The van der Waals surface area contributed by atoms with Crippen LogP contribution >= 0.6 is 0 Å². The summed E-state index contributed by atoms with van der Waals surface area (Å²) in [6, 6.07) is 11.7. The summed E-state index contributed by atoms with van der Waals surface area (Å²) in [7, 11) is 0. The first-order valence-electron chi connectivity index (χ1n) is 12.1. The molecule has 0 fully saturated rings. The van der Waals surface area contributed by atoms with Gasteiger partial charge in [0.05, 0.1) is 11.1 Å². The average Bonchev–Trinajstić information content (AvgIpc) is 3.09. The van der Waals surface area contributed by atoms with Gasteiger partial charge in [0.1, 0.15) is 11.9 Å². The van der Waals surface area contributed by atoms with Crippen LogP contribution in [-0.2, 0) is 16.1 Å². The molecule has 0 radical (unpaired) electrons. The van der Waals surface area contributed by atoms with E-state index in [2.05, 4.69) is 5.32 Å². The van der Waals surface area contributed by atoms with Gasteiger partial charge in [-0.05, 0) is 56.0 Å². The lowest BCUT2D eigenvalue weighted by atomic mass is 10.1. The van der Waals surface area contributed by atoms with Crippen LogP contribution in [0.3, 0.4) is 0 Å². The van der Waals surface area contributed by atoms with Gasteiger partial charge in [0.15, 0.2) is 0 Å². The van der Waals surface area contributed by atoms with E-state index in [1.807, 2.05) is 20.8 Å². The average molecular weight is 482 g/mol. The summed E-state index contributed by atoms with van der Waals surface area (Å²) in [5.74, 6) is -1.61. The number of hydrogen-bond donors (Lipinski definition) is 1. The molecule has 0 aromatic heterocycles. The Morgan fingerprint density at radius 2 is 1.57 bits per heavy atom. The van der Waals surface area contributed by atoms with Crippen molar-refractivity contribution in [3.05, 3.63) is 71.0 Å². The van der Waals surface area contributed by atoms with E-state index >= 15 is 0 Å². The van der Waals surface area contributed by atoms with Crippen LogP contribution in [-0.4, -0.2) is 52.1 Å². The molecule has 0 aliphatic carbocycles. The molecule has 1 heterocycles. The molecule has 0 bridgehead atoms. The van der Waals surface area contributed by atoms with Crippen LogP contribution in [0.15, 0.2) is 48.5 Å². The molecule has 4 amide bonds. The molecule has 3 rings (SSSR count). The number of benzene rings is 2. The highest BCUT2D eigenvalue weighted by molar-refractivity contribution is 6.21. The zero-order chi connectivity index (χ0) is 25.5. The van der Waals surface area contributed by atoms with E-state index in [9.17, 15) is 23.6 Å². The summed E-state index contributed by atoms with van der Waals surface area (Å²) >= 11 is 0. The highest BCUT2D eigenvalue weighted by Gasteiger charge is 2.35. The molecule has 0 unspecified atom stereocenters. The first kappa shape index (κ1) is 26.1. The largest absolute Gasteiger partial charge is 0.352 e. The summed E-state index contributed by atoms with van der Waals surface area (Å²) in [4.78, 5) is 54.1. The molecule has 7 nitrogen and oxygen atoms in total. The van der Waals surface area contributed by atoms with Gasteiger partial charge in [0.25, 0.3) is 11.8 Å². The monoisotopic (exact) mass is 481 g/mol. The van der Waals surface area contributed by atoms with E-state index in [4.69, 9.17) is 0 Å². The summed E-state index contributed by atoms with van der Waals surface area (Å²) < 4.78 is 13.4. The molecule has 0 saturated heterocycles. The van der Waals surface area contributed by atoms with E-state index in [1.54, 1.807) is 36.4 Å². The maximum atomic E-state index is 13.4. The van der Waals surface area contributed by atoms with Crippen LogP contribution in [0.4, 0.5) is 4.39 Å². The molecule has 0 saturated carbocycles.